The number of likely N-dealkylation sites (tertiary alicyclic amines) is 1. The summed E-state index contributed by atoms with van der Waals surface area (Å²) in [6, 6.07) is 7.19. The number of rotatable bonds is 6. The highest BCUT2D eigenvalue weighted by atomic mass is 16.1. The zero-order valence-electron chi connectivity index (χ0n) is 14.1. The molecule has 4 nitrogen and oxygen atoms in total. The highest BCUT2D eigenvalue weighted by Crippen LogP contribution is 2.14. The Morgan fingerprint density at radius 2 is 1.91 bits per heavy atom. The lowest BCUT2D eigenvalue weighted by molar-refractivity contribution is -0.111. The minimum absolute atomic E-state index is 0.133. The maximum absolute atomic E-state index is 12.4. The van der Waals surface area contributed by atoms with Crippen molar-refractivity contribution in [1.29, 1.82) is 0 Å². The van der Waals surface area contributed by atoms with E-state index in [2.05, 4.69) is 10.2 Å². The number of hydrogen-bond acceptors (Lipinski definition) is 3. The molecule has 1 aliphatic rings. The first-order chi connectivity index (χ1) is 11.0. The van der Waals surface area contributed by atoms with Gasteiger partial charge in [0, 0.05) is 30.3 Å². The van der Waals surface area contributed by atoms with Crippen molar-refractivity contribution in [3.8, 4) is 0 Å². The van der Waals surface area contributed by atoms with Gasteiger partial charge in [-0.15, -0.1) is 0 Å². The van der Waals surface area contributed by atoms with Crippen LogP contribution in [0.5, 0.6) is 0 Å². The topological polar surface area (TPSA) is 49.4 Å². The van der Waals surface area contributed by atoms with Gasteiger partial charge in [-0.3, -0.25) is 9.59 Å². The van der Waals surface area contributed by atoms with Crippen molar-refractivity contribution in [2.24, 2.45) is 0 Å². The molecule has 23 heavy (non-hydrogen) atoms. The molecule has 1 saturated heterocycles. The van der Waals surface area contributed by atoms with Crippen molar-refractivity contribution in [2.75, 3.05) is 25.0 Å². The molecule has 0 radical (unpaired) electrons. The van der Waals surface area contributed by atoms with E-state index in [-0.39, 0.29) is 11.7 Å². The van der Waals surface area contributed by atoms with E-state index in [9.17, 15) is 9.59 Å². The second-order valence-electron chi connectivity index (χ2n) is 6.37. The van der Waals surface area contributed by atoms with Crippen molar-refractivity contribution in [2.45, 2.75) is 39.5 Å². The molecule has 1 aliphatic heterocycles. The van der Waals surface area contributed by atoms with Gasteiger partial charge in [-0.25, -0.2) is 0 Å². The first-order valence-electron chi connectivity index (χ1n) is 8.36. The van der Waals surface area contributed by atoms with Crippen LogP contribution in [0.15, 0.2) is 35.9 Å². The van der Waals surface area contributed by atoms with Gasteiger partial charge >= 0.3 is 0 Å². The largest absolute Gasteiger partial charge is 0.322 e. The molecule has 1 aromatic carbocycles. The quantitative estimate of drug-likeness (QED) is 0.644. The standard InChI is InChI=1S/C19H26N2O2/c1-15(2)13-19(23)20-17-8-6-7-16(14-17)18(22)9-12-21-10-4-3-5-11-21/h6-8,13-14H,3-5,9-12H2,1-2H3,(H,20,23). The third-order valence-corrected chi connectivity index (χ3v) is 3.98. The van der Waals surface area contributed by atoms with Crippen LogP contribution >= 0.6 is 0 Å². The molecule has 2 rings (SSSR count). The Hall–Kier alpha value is -1.94. The lowest BCUT2D eigenvalue weighted by Crippen LogP contribution is -2.31. The molecule has 0 unspecified atom stereocenters. The summed E-state index contributed by atoms with van der Waals surface area (Å²) in [4.78, 5) is 26.5. The fourth-order valence-corrected chi connectivity index (χ4v) is 2.80. The number of carbonyl (C=O) groups excluding carboxylic acids is 2. The predicted molar refractivity (Wildman–Crippen MR) is 93.7 cm³/mol. The summed E-state index contributed by atoms with van der Waals surface area (Å²) in [6.07, 6.45) is 5.86. The van der Waals surface area contributed by atoms with Crippen LogP contribution in [0.1, 0.15) is 49.9 Å². The zero-order chi connectivity index (χ0) is 16.7. The number of carbonyl (C=O) groups is 2. The van der Waals surface area contributed by atoms with E-state index in [1.807, 2.05) is 26.0 Å². The lowest BCUT2D eigenvalue weighted by atomic mass is 10.1. The fraction of sp³-hybridized carbons (Fsp3) is 0.474. The number of Topliss-reactive ketones (excluding diaryl/α,β-unsaturated/α-hetero) is 1. The summed E-state index contributed by atoms with van der Waals surface area (Å²) < 4.78 is 0. The van der Waals surface area contributed by atoms with Crippen molar-refractivity contribution >= 4 is 17.4 Å². The number of hydrogen-bond donors (Lipinski definition) is 1. The first-order valence-corrected chi connectivity index (χ1v) is 8.36. The van der Waals surface area contributed by atoms with Gasteiger partial charge in [-0.05, 0) is 51.9 Å². The van der Waals surface area contributed by atoms with Crippen LogP contribution < -0.4 is 5.32 Å². The number of amides is 1. The summed E-state index contributed by atoms with van der Waals surface area (Å²) in [5.74, 6) is -0.0307. The van der Waals surface area contributed by atoms with Gasteiger partial charge in [0.2, 0.25) is 5.91 Å². The van der Waals surface area contributed by atoms with Gasteiger partial charge < -0.3 is 10.2 Å². The third kappa shape index (κ3) is 5.99. The SMILES string of the molecule is CC(C)=CC(=O)Nc1cccc(C(=O)CCN2CCCCC2)c1. The molecule has 0 aromatic heterocycles. The Morgan fingerprint density at radius 3 is 2.61 bits per heavy atom. The Kier molecular flexibility index (Phi) is 6.53. The van der Waals surface area contributed by atoms with Crippen LogP contribution in [0, 0.1) is 0 Å². The van der Waals surface area contributed by atoms with E-state index < -0.39 is 0 Å². The molecule has 0 bridgehead atoms. The van der Waals surface area contributed by atoms with Crippen LogP contribution in [0.25, 0.3) is 0 Å². The van der Waals surface area contributed by atoms with Gasteiger partial charge in [-0.2, -0.15) is 0 Å². The van der Waals surface area contributed by atoms with E-state index in [4.69, 9.17) is 0 Å². The molecule has 0 atom stereocenters. The molecule has 0 spiro atoms. The predicted octanol–water partition coefficient (Wildman–Crippen LogP) is 3.65. The summed E-state index contributed by atoms with van der Waals surface area (Å²) in [6.45, 7) is 6.78. The average Bonchev–Trinajstić information content (AvgIpc) is 2.53. The van der Waals surface area contributed by atoms with Crippen molar-refractivity contribution in [3.05, 3.63) is 41.5 Å². The zero-order valence-corrected chi connectivity index (χ0v) is 14.1. The van der Waals surface area contributed by atoms with Gasteiger partial charge in [0.1, 0.15) is 0 Å². The molecule has 1 fully saturated rings. The molecule has 0 saturated carbocycles. The molecule has 0 aliphatic carbocycles. The Bertz CT molecular complexity index is 583. The Morgan fingerprint density at radius 1 is 1.17 bits per heavy atom. The smallest absolute Gasteiger partial charge is 0.248 e. The molecule has 1 N–H and O–H groups in total. The minimum atomic E-state index is -0.164. The molecule has 1 amide bonds. The molecule has 1 aromatic rings. The molecule has 4 heteroatoms. The van der Waals surface area contributed by atoms with Gasteiger partial charge in [-0.1, -0.05) is 24.1 Å². The van der Waals surface area contributed by atoms with E-state index in [0.717, 1.165) is 25.2 Å². The highest BCUT2D eigenvalue weighted by Gasteiger charge is 2.13. The highest BCUT2D eigenvalue weighted by molar-refractivity contribution is 6.01. The van der Waals surface area contributed by atoms with E-state index in [1.54, 1.807) is 18.2 Å². The van der Waals surface area contributed by atoms with Gasteiger partial charge in [0.05, 0.1) is 0 Å². The van der Waals surface area contributed by atoms with E-state index >= 15 is 0 Å². The number of piperidine rings is 1. The average molecular weight is 314 g/mol. The summed E-state index contributed by atoms with van der Waals surface area (Å²) in [5, 5.41) is 2.80. The Labute approximate surface area is 138 Å². The monoisotopic (exact) mass is 314 g/mol. The fourth-order valence-electron chi connectivity index (χ4n) is 2.80. The maximum atomic E-state index is 12.4. The van der Waals surface area contributed by atoms with Crippen molar-refractivity contribution < 1.29 is 9.59 Å². The van der Waals surface area contributed by atoms with Crippen LogP contribution in [0.4, 0.5) is 5.69 Å². The van der Waals surface area contributed by atoms with Crippen LogP contribution in [0.2, 0.25) is 0 Å². The summed E-state index contributed by atoms with van der Waals surface area (Å²) >= 11 is 0. The summed E-state index contributed by atoms with van der Waals surface area (Å²) in [5.41, 5.74) is 2.27. The number of nitrogens with zero attached hydrogens (tertiary/aromatic N) is 1. The van der Waals surface area contributed by atoms with Crippen molar-refractivity contribution in [3.63, 3.8) is 0 Å². The van der Waals surface area contributed by atoms with Crippen LogP contribution in [0.3, 0.4) is 0 Å². The lowest BCUT2D eigenvalue weighted by Gasteiger charge is -2.25. The van der Waals surface area contributed by atoms with Crippen molar-refractivity contribution in [1.82, 2.24) is 4.90 Å². The summed E-state index contributed by atoms with van der Waals surface area (Å²) in [7, 11) is 0. The first kappa shape index (κ1) is 17.4. The van der Waals surface area contributed by atoms with Crippen LogP contribution in [-0.2, 0) is 4.79 Å². The number of anilines is 1. The van der Waals surface area contributed by atoms with E-state index in [0.29, 0.717) is 17.7 Å². The molecule has 124 valence electrons. The van der Waals surface area contributed by atoms with Crippen LogP contribution in [-0.4, -0.2) is 36.2 Å². The second-order valence-corrected chi connectivity index (χ2v) is 6.37. The maximum Gasteiger partial charge on any atom is 0.248 e. The molecule has 1 heterocycles. The second kappa shape index (κ2) is 8.63. The third-order valence-electron chi connectivity index (χ3n) is 3.98. The van der Waals surface area contributed by atoms with E-state index in [1.165, 1.54) is 19.3 Å². The number of nitrogens with one attached hydrogen (secondary N) is 1. The molecular formula is C19H26N2O2. The van der Waals surface area contributed by atoms with Gasteiger partial charge in [0.25, 0.3) is 0 Å². The molecular weight excluding hydrogens is 288 g/mol. The van der Waals surface area contributed by atoms with Gasteiger partial charge in [0.15, 0.2) is 5.78 Å². The Balaban J connectivity index is 1.91. The normalized spacial score (nSPS) is 15.0. The number of ketones is 1. The number of benzene rings is 1. The number of allylic oxidation sites excluding steroid dienone is 1. The minimum Gasteiger partial charge on any atom is -0.322 e.